The predicted molar refractivity (Wildman–Crippen MR) is 77.9 cm³/mol. The van der Waals surface area contributed by atoms with Crippen molar-refractivity contribution in [3.63, 3.8) is 0 Å². The number of benzene rings is 1. The second-order valence-electron chi connectivity index (χ2n) is 4.78. The highest BCUT2D eigenvalue weighted by molar-refractivity contribution is 5.30. The van der Waals surface area contributed by atoms with E-state index in [9.17, 15) is 4.79 Å². The normalized spacial score (nSPS) is 12.2. The van der Waals surface area contributed by atoms with Crippen LogP contribution in [-0.2, 0) is 6.54 Å². The zero-order valence-electron chi connectivity index (χ0n) is 12.0. The number of aryl methyl sites for hydroxylation is 2. The summed E-state index contributed by atoms with van der Waals surface area (Å²) in [7, 11) is 1.61. The van der Waals surface area contributed by atoms with Crippen molar-refractivity contribution < 1.29 is 4.74 Å². The van der Waals surface area contributed by atoms with Crippen LogP contribution in [0.3, 0.4) is 0 Å². The maximum absolute atomic E-state index is 12.0. The Morgan fingerprint density at radius 1 is 1.35 bits per heavy atom. The van der Waals surface area contributed by atoms with Gasteiger partial charge in [-0.05, 0) is 31.5 Å². The van der Waals surface area contributed by atoms with Gasteiger partial charge in [-0.2, -0.15) is 0 Å². The van der Waals surface area contributed by atoms with Crippen LogP contribution in [0.1, 0.15) is 23.1 Å². The smallest absolute Gasteiger partial charge is 0.253 e. The number of rotatable bonds is 4. The molecular weight excluding hydrogens is 254 g/mol. The Morgan fingerprint density at radius 3 is 2.75 bits per heavy atom. The highest BCUT2D eigenvalue weighted by atomic mass is 16.5. The molecule has 0 aliphatic heterocycles. The molecule has 106 valence electrons. The Morgan fingerprint density at radius 2 is 2.10 bits per heavy atom. The van der Waals surface area contributed by atoms with E-state index in [2.05, 4.69) is 4.98 Å². The minimum Gasteiger partial charge on any atom is -0.497 e. The van der Waals surface area contributed by atoms with Crippen molar-refractivity contribution in [2.75, 3.05) is 7.11 Å². The van der Waals surface area contributed by atoms with Crippen LogP contribution in [0.25, 0.3) is 0 Å². The standard InChI is InChI=1S/C15H19N3O2/c1-10-7-15(19)18(11(2)17-10)9-14(16)12-5-4-6-13(8-12)20-3/h4-8,14H,9,16H2,1-3H3. The fraction of sp³-hybridized carbons (Fsp3) is 0.333. The molecule has 5 nitrogen and oxygen atoms in total. The fourth-order valence-electron chi connectivity index (χ4n) is 2.16. The molecule has 1 aromatic carbocycles. The molecule has 0 radical (unpaired) electrons. The number of nitrogens with two attached hydrogens (primary N) is 1. The topological polar surface area (TPSA) is 70.1 Å². The number of hydrogen-bond acceptors (Lipinski definition) is 4. The van der Waals surface area contributed by atoms with Crippen molar-refractivity contribution in [3.05, 3.63) is 57.8 Å². The van der Waals surface area contributed by atoms with Gasteiger partial charge in [0, 0.05) is 24.3 Å². The summed E-state index contributed by atoms with van der Waals surface area (Å²) in [4.78, 5) is 16.3. The highest BCUT2D eigenvalue weighted by Crippen LogP contribution is 2.18. The molecular formula is C15H19N3O2. The molecule has 0 fully saturated rings. The van der Waals surface area contributed by atoms with Crippen molar-refractivity contribution >= 4 is 0 Å². The number of methoxy groups -OCH3 is 1. The van der Waals surface area contributed by atoms with Crippen LogP contribution in [0.2, 0.25) is 0 Å². The van der Waals surface area contributed by atoms with Gasteiger partial charge in [-0.3, -0.25) is 9.36 Å². The van der Waals surface area contributed by atoms with E-state index in [-0.39, 0.29) is 11.6 Å². The number of nitrogens with zero attached hydrogens (tertiary/aromatic N) is 2. The van der Waals surface area contributed by atoms with Crippen LogP contribution < -0.4 is 16.0 Å². The van der Waals surface area contributed by atoms with Crippen molar-refractivity contribution in [1.82, 2.24) is 9.55 Å². The Kier molecular flexibility index (Phi) is 4.20. The summed E-state index contributed by atoms with van der Waals surface area (Å²) in [6, 6.07) is 8.79. The molecule has 20 heavy (non-hydrogen) atoms. The Balaban J connectivity index is 2.27. The highest BCUT2D eigenvalue weighted by Gasteiger charge is 2.11. The first-order chi connectivity index (χ1) is 9.51. The van der Waals surface area contributed by atoms with Gasteiger partial charge < -0.3 is 10.5 Å². The van der Waals surface area contributed by atoms with E-state index in [1.165, 1.54) is 6.07 Å². The molecule has 2 N–H and O–H groups in total. The third-order valence-electron chi connectivity index (χ3n) is 3.23. The largest absolute Gasteiger partial charge is 0.497 e. The Hall–Kier alpha value is -2.14. The van der Waals surface area contributed by atoms with Crippen LogP contribution in [0.5, 0.6) is 5.75 Å². The van der Waals surface area contributed by atoms with Gasteiger partial charge in [0.25, 0.3) is 5.56 Å². The van der Waals surface area contributed by atoms with Gasteiger partial charge in [0.2, 0.25) is 0 Å². The zero-order chi connectivity index (χ0) is 14.7. The SMILES string of the molecule is COc1cccc(C(N)Cn2c(C)nc(C)cc2=O)c1. The van der Waals surface area contributed by atoms with Crippen LogP contribution in [0.15, 0.2) is 35.1 Å². The Bertz CT molecular complexity index is 664. The lowest BCUT2D eigenvalue weighted by Crippen LogP contribution is -2.29. The summed E-state index contributed by atoms with van der Waals surface area (Å²) in [6.45, 7) is 4.01. The van der Waals surface area contributed by atoms with Gasteiger partial charge in [0.15, 0.2) is 0 Å². The molecule has 0 spiro atoms. The lowest BCUT2D eigenvalue weighted by Gasteiger charge is -2.16. The third-order valence-corrected chi connectivity index (χ3v) is 3.23. The second kappa shape index (κ2) is 5.88. The first-order valence-corrected chi connectivity index (χ1v) is 6.46. The molecule has 5 heteroatoms. The molecule has 1 atom stereocenters. The van der Waals surface area contributed by atoms with Gasteiger partial charge in [-0.15, -0.1) is 0 Å². The molecule has 0 aliphatic carbocycles. The van der Waals surface area contributed by atoms with E-state index in [0.29, 0.717) is 12.4 Å². The summed E-state index contributed by atoms with van der Waals surface area (Å²) in [6.07, 6.45) is 0. The quantitative estimate of drug-likeness (QED) is 0.918. The van der Waals surface area contributed by atoms with Gasteiger partial charge >= 0.3 is 0 Å². The molecule has 0 aliphatic rings. The van der Waals surface area contributed by atoms with Crippen molar-refractivity contribution in [2.45, 2.75) is 26.4 Å². The average molecular weight is 273 g/mol. The lowest BCUT2D eigenvalue weighted by molar-refractivity contribution is 0.413. The third kappa shape index (κ3) is 3.05. The summed E-state index contributed by atoms with van der Waals surface area (Å²) in [5.74, 6) is 1.43. The van der Waals surface area contributed by atoms with Crippen molar-refractivity contribution in [1.29, 1.82) is 0 Å². The first-order valence-electron chi connectivity index (χ1n) is 6.46. The van der Waals surface area contributed by atoms with Crippen LogP contribution in [0.4, 0.5) is 0 Å². The Labute approximate surface area is 118 Å². The predicted octanol–water partition coefficient (Wildman–Crippen LogP) is 1.57. The van der Waals surface area contributed by atoms with Crippen LogP contribution in [0, 0.1) is 13.8 Å². The molecule has 0 saturated heterocycles. The first kappa shape index (κ1) is 14.3. The average Bonchev–Trinajstić information content (AvgIpc) is 2.42. The molecule has 0 bridgehead atoms. The van der Waals surface area contributed by atoms with Gasteiger partial charge in [-0.1, -0.05) is 12.1 Å². The molecule has 1 aromatic heterocycles. The van der Waals surface area contributed by atoms with Gasteiger partial charge in [-0.25, -0.2) is 4.98 Å². The summed E-state index contributed by atoms with van der Waals surface area (Å²) < 4.78 is 6.78. The fourth-order valence-corrected chi connectivity index (χ4v) is 2.16. The van der Waals surface area contributed by atoms with E-state index in [0.717, 1.165) is 17.0 Å². The van der Waals surface area contributed by atoms with Crippen LogP contribution >= 0.6 is 0 Å². The number of hydrogen-bond donors (Lipinski definition) is 1. The second-order valence-corrected chi connectivity index (χ2v) is 4.78. The van der Waals surface area contributed by atoms with Crippen molar-refractivity contribution in [3.8, 4) is 5.75 Å². The van der Waals surface area contributed by atoms with Gasteiger partial charge in [0.05, 0.1) is 7.11 Å². The molecule has 0 amide bonds. The zero-order valence-corrected chi connectivity index (χ0v) is 12.0. The number of aromatic nitrogens is 2. The molecule has 1 heterocycles. The summed E-state index contributed by atoms with van der Waals surface area (Å²) in [5.41, 5.74) is 7.76. The molecule has 0 saturated carbocycles. The molecule has 2 aromatic rings. The number of ether oxygens (including phenoxy) is 1. The van der Waals surface area contributed by atoms with Crippen LogP contribution in [-0.4, -0.2) is 16.7 Å². The molecule has 1 unspecified atom stereocenters. The van der Waals surface area contributed by atoms with Gasteiger partial charge in [0.1, 0.15) is 11.6 Å². The van der Waals surface area contributed by atoms with E-state index in [1.807, 2.05) is 31.2 Å². The summed E-state index contributed by atoms with van der Waals surface area (Å²) in [5, 5.41) is 0. The lowest BCUT2D eigenvalue weighted by atomic mass is 10.1. The monoisotopic (exact) mass is 273 g/mol. The minimum atomic E-state index is -0.286. The van der Waals surface area contributed by atoms with E-state index >= 15 is 0 Å². The van der Waals surface area contributed by atoms with E-state index in [4.69, 9.17) is 10.5 Å². The molecule has 2 rings (SSSR count). The van der Waals surface area contributed by atoms with Crippen molar-refractivity contribution in [2.24, 2.45) is 5.73 Å². The van der Waals surface area contributed by atoms with E-state index < -0.39 is 0 Å². The minimum absolute atomic E-state index is 0.0756. The maximum atomic E-state index is 12.0. The summed E-state index contributed by atoms with van der Waals surface area (Å²) >= 11 is 0. The maximum Gasteiger partial charge on any atom is 0.253 e. The van der Waals surface area contributed by atoms with E-state index in [1.54, 1.807) is 18.6 Å².